The van der Waals surface area contributed by atoms with Crippen molar-refractivity contribution in [2.45, 2.75) is 64.8 Å². The highest BCUT2D eigenvalue weighted by Gasteiger charge is 2.48. The van der Waals surface area contributed by atoms with Crippen molar-refractivity contribution >= 4 is 12.0 Å². The predicted molar refractivity (Wildman–Crippen MR) is 78.6 cm³/mol. The van der Waals surface area contributed by atoms with Crippen LogP contribution >= 0.6 is 0 Å². The molecular weight excluding hydrogens is 256 g/mol. The Bertz CT molecular complexity index is 342. The molecule has 5 nitrogen and oxygen atoms in total. The van der Waals surface area contributed by atoms with E-state index < -0.39 is 11.5 Å². The maximum atomic E-state index is 11.9. The first-order chi connectivity index (χ1) is 9.43. The lowest BCUT2D eigenvalue weighted by molar-refractivity contribution is -0.144. The van der Waals surface area contributed by atoms with Gasteiger partial charge in [-0.1, -0.05) is 33.1 Å². The van der Waals surface area contributed by atoms with Gasteiger partial charge < -0.3 is 15.7 Å². The molecule has 0 aromatic rings. The average molecular weight is 284 g/mol. The minimum Gasteiger partial charge on any atom is -0.480 e. The Kier molecular flexibility index (Phi) is 6.30. The summed E-state index contributed by atoms with van der Waals surface area (Å²) < 4.78 is 0. The lowest BCUT2D eigenvalue weighted by Gasteiger charge is -2.26. The van der Waals surface area contributed by atoms with Crippen molar-refractivity contribution < 1.29 is 14.7 Å². The number of nitrogens with one attached hydrogen (secondary N) is 2. The third-order valence-corrected chi connectivity index (χ3v) is 4.31. The van der Waals surface area contributed by atoms with Gasteiger partial charge in [0.2, 0.25) is 0 Å². The minimum atomic E-state index is -1.13. The molecule has 2 atom stereocenters. The zero-order valence-electron chi connectivity index (χ0n) is 12.9. The number of hydrogen-bond acceptors (Lipinski definition) is 2. The summed E-state index contributed by atoms with van der Waals surface area (Å²) >= 11 is 0. The van der Waals surface area contributed by atoms with Crippen LogP contribution in [-0.2, 0) is 4.79 Å². The summed E-state index contributed by atoms with van der Waals surface area (Å²) in [4.78, 5) is 23.2. The molecule has 1 aliphatic carbocycles. The molecule has 0 saturated heterocycles. The highest BCUT2D eigenvalue weighted by molar-refractivity contribution is 5.86. The molecule has 3 N–H and O–H groups in total. The standard InChI is InChI=1S/C15H28N2O3/c1-4-6-7-11(5-2)10-16-14(20)17-15(3,13(18)19)12-8-9-12/h11-12H,4-10H2,1-3H3,(H,18,19)(H2,16,17,20). The molecule has 0 bridgehead atoms. The van der Waals surface area contributed by atoms with E-state index in [1.54, 1.807) is 6.92 Å². The number of amides is 2. The number of unbranched alkanes of at least 4 members (excludes halogenated alkanes) is 1. The number of carbonyl (C=O) groups excluding carboxylic acids is 1. The number of urea groups is 1. The summed E-state index contributed by atoms with van der Waals surface area (Å²) in [6.07, 6.45) is 6.19. The first kappa shape index (κ1) is 16.8. The molecule has 5 heteroatoms. The fourth-order valence-corrected chi connectivity index (χ4v) is 2.45. The maximum Gasteiger partial charge on any atom is 0.329 e. The van der Waals surface area contributed by atoms with E-state index in [4.69, 9.17) is 0 Å². The van der Waals surface area contributed by atoms with Crippen molar-refractivity contribution in [3.63, 3.8) is 0 Å². The first-order valence-corrected chi connectivity index (χ1v) is 7.73. The fraction of sp³-hybridized carbons (Fsp3) is 0.867. The number of carbonyl (C=O) groups is 2. The molecule has 116 valence electrons. The smallest absolute Gasteiger partial charge is 0.329 e. The molecule has 0 aromatic carbocycles. The van der Waals surface area contributed by atoms with Crippen LogP contribution in [0.15, 0.2) is 0 Å². The van der Waals surface area contributed by atoms with E-state index in [9.17, 15) is 14.7 Å². The second-order valence-electron chi connectivity index (χ2n) is 6.03. The Morgan fingerprint density at radius 1 is 1.35 bits per heavy atom. The average Bonchev–Trinajstić information content (AvgIpc) is 3.23. The summed E-state index contributed by atoms with van der Waals surface area (Å²) in [6, 6.07) is -0.364. The topological polar surface area (TPSA) is 78.4 Å². The number of hydrogen-bond donors (Lipinski definition) is 3. The lowest BCUT2D eigenvalue weighted by atomic mass is 9.96. The predicted octanol–water partition coefficient (Wildman–Crippen LogP) is 2.76. The molecule has 0 heterocycles. The van der Waals surface area contributed by atoms with Crippen LogP contribution < -0.4 is 10.6 Å². The maximum absolute atomic E-state index is 11.9. The normalized spacial score (nSPS) is 18.9. The zero-order valence-corrected chi connectivity index (χ0v) is 12.9. The number of rotatable bonds is 9. The van der Waals surface area contributed by atoms with E-state index in [0.717, 1.165) is 38.5 Å². The highest BCUT2D eigenvalue weighted by Crippen LogP contribution is 2.39. The molecule has 1 saturated carbocycles. The van der Waals surface area contributed by atoms with Crippen LogP contribution in [0.2, 0.25) is 0 Å². The van der Waals surface area contributed by atoms with E-state index in [0.29, 0.717) is 12.5 Å². The van der Waals surface area contributed by atoms with Crippen molar-refractivity contribution in [2.24, 2.45) is 11.8 Å². The molecule has 0 aromatic heterocycles. The van der Waals surface area contributed by atoms with Crippen LogP contribution in [0.1, 0.15) is 59.3 Å². The summed E-state index contributed by atoms with van der Waals surface area (Å²) in [7, 11) is 0. The van der Waals surface area contributed by atoms with Crippen LogP contribution in [-0.4, -0.2) is 29.2 Å². The van der Waals surface area contributed by atoms with Gasteiger partial charge in [0.25, 0.3) is 0 Å². The van der Waals surface area contributed by atoms with Crippen LogP contribution in [0.4, 0.5) is 4.79 Å². The summed E-state index contributed by atoms with van der Waals surface area (Å²) in [6.45, 7) is 6.48. The molecule has 1 fully saturated rings. The SMILES string of the molecule is CCCCC(CC)CNC(=O)NC(C)(C(=O)O)C1CC1. The Labute approximate surface area is 121 Å². The molecule has 1 rings (SSSR count). The van der Waals surface area contributed by atoms with E-state index in [1.165, 1.54) is 0 Å². The first-order valence-electron chi connectivity index (χ1n) is 7.73. The molecule has 1 aliphatic rings. The molecular formula is C15H28N2O3. The van der Waals surface area contributed by atoms with Gasteiger partial charge >= 0.3 is 12.0 Å². The largest absolute Gasteiger partial charge is 0.480 e. The van der Waals surface area contributed by atoms with Crippen molar-refractivity contribution in [3.8, 4) is 0 Å². The van der Waals surface area contributed by atoms with Crippen molar-refractivity contribution in [2.75, 3.05) is 6.54 Å². The van der Waals surface area contributed by atoms with Crippen molar-refractivity contribution in [1.29, 1.82) is 0 Å². The van der Waals surface area contributed by atoms with Gasteiger partial charge in [0.05, 0.1) is 0 Å². The summed E-state index contributed by atoms with van der Waals surface area (Å²) in [5, 5.41) is 14.8. The van der Waals surface area contributed by atoms with Crippen LogP contribution in [0.3, 0.4) is 0 Å². The third-order valence-electron chi connectivity index (χ3n) is 4.31. The van der Waals surface area contributed by atoms with Gasteiger partial charge in [-0.3, -0.25) is 0 Å². The second-order valence-corrected chi connectivity index (χ2v) is 6.03. The van der Waals surface area contributed by atoms with Crippen LogP contribution in [0.5, 0.6) is 0 Å². The molecule has 0 aliphatic heterocycles. The monoisotopic (exact) mass is 284 g/mol. The lowest BCUT2D eigenvalue weighted by Crippen LogP contribution is -2.57. The summed E-state index contributed by atoms with van der Waals surface area (Å²) in [5.41, 5.74) is -1.13. The van der Waals surface area contributed by atoms with E-state index >= 15 is 0 Å². The number of carboxylic acid groups (broad SMARTS) is 1. The highest BCUT2D eigenvalue weighted by atomic mass is 16.4. The molecule has 0 radical (unpaired) electrons. The van der Waals surface area contributed by atoms with Gasteiger partial charge in [0, 0.05) is 6.54 Å². The van der Waals surface area contributed by atoms with Gasteiger partial charge in [-0.05, 0) is 38.0 Å². The number of carboxylic acids is 1. The molecule has 2 unspecified atom stereocenters. The zero-order chi connectivity index (χ0) is 15.2. The van der Waals surface area contributed by atoms with Gasteiger partial charge in [-0.25, -0.2) is 9.59 Å². The van der Waals surface area contributed by atoms with E-state index in [-0.39, 0.29) is 11.9 Å². The Hall–Kier alpha value is -1.26. The van der Waals surface area contributed by atoms with E-state index in [1.807, 2.05) is 0 Å². The van der Waals surface area contributed by atoms with Crippen molar-refractivity contribution in [3.05, 3.63) is 0 Å². The Morgan fingerprint density at radius 2 is 2.00 bits per heavy atom. The molecule has 0 spiro atoms. The Balaban J connectivity index is 2.40. The Morgan fingerprint density at radius 3 is 2.45 bits per heavy atom. The van der Waals surface area contributed by atoms with E-state index in [2.05, 4.69) is 24.5 Å². The van der Waals surface area contributed by atoms with Gasteiger partial charge in [-0.15, -0.1) is 0 Å². The van der Waals surface area contributed by atoms with Crippen LogP contribution in [0, 0.1) is 11.8 Å². The number of aliphatic carboxylic acids is 1. The minimum absolute atomic E-state index is 0.0628. The third kappa shape index (κ3) is 4.69. The molecule has 2 amide bonds. The van der Waals surface area contributed by atoms with Crippen molar-refractivity contribution in [1.82, 2.24) is 10.6 Å². The molecule has 20 heavy (non-hydrogen) atoms. The fourth-order valence-electron chi connectivity index (χ4n) is 2.45. The summed E-state index contributed by atoms with van der Waals surface area (Å²) in [5.74, 6) is -0.418. The van der Waals surface area contributed by atoms with Gasteiger partial charge in [-0.2, -0.15) is 0 Å². The quantitative estimate of drug-likeness (QED) is 0.609. The second kappa shape index (κ2) is 7.50. The van der Waals surface area contributed by atoms with Crippen LogP contribution in [0.25, 0.3) is 0 Å². The van der Waals surface area contributed by atoms with Gasteiger partial charge in [0.1, 0.15) is 5.54 Å². The van der Waals surface area contributed by atoms with Gasteiger partial charge in [0.15, 0.2) is 0 Å².